The molecule has 0 unspecified atom stereocenters. The fraction of sp³-hybridized carbons (Fsp3) is 1.00. The lowest BCUT2D eigenvalue weighted by molar-refractivity contribution is 0.225. The van der Waals surface area contributed by atoms with E-state index in [9.17, 15) is 0 Å². The molecule has 0 saturated heterocycles. The molecule has 0 radical (unpaired) electrons. The van der Waals surface area contributed by atoms with Crippen molar-refractivity contribution in [1.29, 1.82) is 0 Å². The minimum atomic E-state index is -1.72. The summed E-state index contributed by atoms with van der Waals surface area (Å²) < 4.78 is 4.28. The molecule has 0 atom stereocenters. The zero-order valence-electron chi connectivity index (χ0n) is 4.45. The maximum Gasteiger partial charge on any atom is 0.643 e. The average molecular weight is 248 g/mol. The van der Waals surface area contributed by atoms with Gasteiger partial charge in [0.25, 0.3) is 0 Å². The van der Waals surface area contributed by atoms with Crippen molar-refractivity contribution >= 4 is 64.7 Å². The summed E-state index contributed by atoms with van der Waals surface area (Å²) in [7, 11) is 16.3. The average Bonchev–Trinajstić information content (AvgIpc) is 1.65. The molecular weight excluding hydrogens is 244 g/mol. The van der Waals surface area contributed by atoms with Gasteiger partial charge in [-0.1, -0.05) is 23.2 Å². The number of hydrogen-bond donors (Lipinski definition) is 0. The van der Waals surface area contributed by atoms with E-state index >= 15 is 0 Å². The smallest absolute Gasteiger partial charge is 0.352 e. The van der Waals surface area contributed by atoms with E-state index in [0.29, 0.717) is 0 Å². The quantitative estimate of drug-likeness (QED) is 0.512. The first-order valence-electron chi connectivity index (χ1n) is 1.74. The molecule has 0 aliphatic rings. The molecule has 0 aromatic heterocycles. The highest BCUT2D eigenvalue weighted by Crippen LogP contribution is 1.98. The summed E-state index contributed by atoms with van der Waals surface area (Å²) in [4.78, 5) is 0. The van der Waals surface area contributed by atoms with E-state index in [1.807, 2.05) is 0 Å². The lowest BCUT2D eigenvalue weighted by Gasteiger charge is -1.88. The summed E-state index contributed by atoms with van der Waals surface area (Å²) in [6.07, 6.45) is 0. The predicted molar refractivity (Wildman–Crippen MR) is 45.8 cm³/mol. The fourth-order valence-corrected chi connectivity index (χ4v) is 0. The number of rotatable bonds is 1. The second-order valence-electron chi connectivity index (χ2n) is 0.744. The summed E-state index contributed by atoms with van der Waals surface area (Å²) >= 11 is 8.29. The molecule has 0 spiro atoms. The first-order valence-corrected chi connectivity index (χ1v) is 7.85. The highest BCUT2D eigenvalue weighted by Gasteiger charge is 2.00. The lowest BCUT2D eigenvalue weighted by Crippen LogP contribution is -1.85. The summed E-state index contributed by atoms with van der Waals surface area (Å²) in [5.74, 6) is 0. The molecular formula is C2H4AlCl5O. The summed E-state index contributed by atoms with van der Waals surface area (Å²) in [5, 5.41) is -0.671. The zero-order valence-corrected chi connectivity index (χ0v) is 9.39. The van der Waals surface area contributed by atoms with Gasteiger partial charge in [-0.05, 0) is 0 Å². The van der Waals surface area contributed by atoms with Crippen molar-refractivity contribution < 1.29 is 4.74 Å². The molecule has 1 nitrogen and oxygen atoms in total. The Hall–Kier alpha value is 1.94. The molecule has 0 heterocycles. The van der Waals surface area contributed by atoms with Crippen LogP contribution in [0.3, 0.4) is 0 Å². The Labute approximate surface area is 81.1 Å². The van der Waals surface area contributed by atoms with Gasteiger partial charge >= 0.3 is 11.4 Å². The van der Waals surface area contributed by atoms with Crippen LogP contribution in [0.5, 0.6) is 0 Å². The van der Waals surface area contributed by atoms with Gasteiger partial charge in [0.05, 0.1) is 0 Å². The first kappa shape index (κ1) is 13.5. The van der Waals surface area contributed by atoms with Crippen LogP contribution in [0.2, 0.25) is 0 Å². The number of methoxy groups -OCH3 is 1. The second-order valence-corrected chi connectivity index (χ2v) is 8.19. The Kier molecular flexibility index (Phi) is 14.9. The second kappa shape index (κ2) is 9.94. The molecule has 0 rings (SSSR count). The zero-order chi connectivity index (χ0) is 7.86. The summed E-state index contributed by atoms with van der Waals surface area (Å²) in [6, 6.07) is 0. The topological polar surface area (TPSA) is 9.23 Å². The lowest BCUT2D eigenvalue weighted by atomic mass is 11.5. The minimum Gasteiger partial charge on any atom is -0.352 e. The van der Waals surface area contributed by atoms with Gasteiger partial charge in [0.1, 0.15) is 0 Å². The van der Waals surface area contributed by atoms with Crippen LogP contribution in [-0.4, -0.2) is 23.5 Å². The van der Waals surface area contributed by atoms with E-state index in [1.165, 1.54) is 7.11 Å². The Morgan fingerprint density at radius 2 is 1.33 bits per heavy atom. The van der Waals surface area contributed by atoms with E-state index in [4.69, 9.17) is 53.3 Å². The fourth-order valence-electron chi connectivity index (χ4n) is 0. The van der Waals surface area contributed by atoms with Crippen molar-refractivity contribution in [3.05, 3.63) is 0 Å². The van der Waals surface area contributed by atoms with Gasteiger partial charge in [-0.2, -0.15) is 0 Å². The molecule has 0 fully saturated rings. The number of halogens is 5. The highest BCUT2D eigenvalue weighted by molar-refractivity contribution is 7.54. The molecule has 0 amide bonds. The van der Waals surface area contributed by atoms with Gasteiger partial charge in [-0.15, -0.1) is 0 Å². The van der Waals surface area contributed by atoms with Gasteiger partial charge in [-0.25, -0.2) is 30.1 Å². The number of ether oxygens (including phenoxy) is 1. The van der Waals surface area contributed by atoms with Crippen LogP contribution in [0.25, 0.3) is 0 Å². The van der Waals surface area contributed by atoms with Crippen LogP contribution >= 0.6 is 53.3 Å². The van der Waals surface area contributed by atoms with E-state index in [-0.39, 0.29) is 0 Å². The van der Waals surface area contributed by atoms with Crippen molar-refractivity contribution in [3.63, 3.8) is 0 Å². The summed E-state index contributed by atoms with van der Waals surface area (Å²) in [5.41, 5.74) is 0. The SMILES string of the molecule is COC(Cl)Cl.[Cl][Al]([Cl])[Cl]. The monoisotopic (exact) mass is 246 g/mol. The van der Waals surface area contributed by atoms with Crippen LogP contribution in [0, 0.1) is 0 Å². The van der Waals surface area contributed by atoms with Gasteiger partial charge in [0, 0.05) is 7.11 Å². The van der Waals surface area contributed by atoms with Gasteiger partial charge in [0.2, 0.25) is 5.02 Å². The van der Waals surface area contributed by atoms with Crippen molar-refractivity contribution in [2.45, 2.75) is 5.02 Å². The first-order chi connectivity index (χ1) is 4.00. The predicted octanol–water partition coefficient (Wildman–Crippen LogP) is 3.08. The molecule has 56 valence electrons. The van der Waals surface area contributed by atoms with Crippen molar-refractivity contribution in [3.8, 4) is 0 Å². The van der Waals surface area contributed by atoms with Crippen molar-refractivity contribution in [2.24, 2.45) is 0 Å². The van der Waals surface area contributed by atoms with Crippen LogP contribution in [0.4, 0.5) is 0 Å². The third-order valence-corrected chi connectivity index (χ3v) is 0.535. The standard InChI is InChI=1S/C2H4Cl2O.Al.3ClH/c1-5-2(3)4;;;;/h2H,1H3;;3*1H/q;+3;;;/p-3. The van der Waals surface area contributed by atoms with Crippen molar-refractivity contribution in [2.75, 3.05) is 7.11 Å². The molecule has 0 aromatic carbocycles. The molecule has 0 aliphatic carbocycles. The Morgan fingerprint density at radius 3 is 1.33 bits per heavy atom. The van der Waals surface area contributed by atoms with Crippen molar-refractivity contribution in [1.82, 2.24) is 0 Å². The molecule has 7 heteroatoms. The molecule has 0 aliphatic heterocycles. The van der Waals surface area contributed by atoms with Gasteiger partial charge in [-0.3, -0.25) is 0 Å². The normalized spacial score (nSPS) is 8.33. The summed E-state index contributed by atoms with van der Waals surface area (Å²) in [6.45, 7) is 0. The highest BCUT2D eigenvalue weighted by atomic mass is 35.8. The largest absolute Gasteiger partial charge is 0.643 e. The molecule has 9 heavy (non-hydrogen) atoms. The van der Waals surface area contributed by atoms with Crippen LogP contribution in [-0.2, 0) is 4.74 Å². The maximum absolute atomic E-state index is 5.01. The van der Waals surface area contributed by atoms with Crippen LogP contribution in [0.15, 0.2) is 0 Å². The van der Waals surface area contributed by atoms with Crippen LogP contribution < -0.4 is 0 Å². The third kappa shape index (κ3) is 40.4. The number of alkyl halides is 2. The Morgan fingerprint density at radius 1 is 1.22 bits per heavy atom. The Bertz CT molecular complexity index is 47.5. The number of hydrogen-bond acceptors (Lipinski definition) is 1. The molecule has 0 saturated carbocycles. The van der Waals surface area contributed by atoms with E-state index in [2.05, 4.69) is 4.74 Å². The third-order valence-electron chi connectivity index (χ3n) is 0.178. The molecule has 0 aromatic rings. The van der Waals surface area contributed by atoms with E-state index in [0.717, 1.165) is 0 Å². The molecule has 0 N–H and O–H groups in total. The van der Waals surface area contributed by atoms with E-state index in [1.54, 1.807) is 0 Å². The van der Waals surface area contributed by atoms with E-state index < -0.39 is 16.4 Å². The molecule has 0 bridgehead atoms. The minimum absolute atomic E-state index is 0.671. The van der Waals surface area contributed by atoms with Gasteiger partial charge < -0.3 is 4.74 Å². The van der Waals surface area contributed by atoms with Gasteiger partial charge in [0.15, 0.2) is 0 Å². The maximum atomic E-state index is 5.01. The Balaban J connectivity index is 0. The van der Waals surface area contributed by atoms with Crippen LogP contribution in [0.1, 0.15) is 0 Å².